The fourth-order valence-electron chi connectivity index (χ4n) is 3.05. The fraction of sp³-hybridized carbons (Fsp3) is 0.706. The molecule has 0 radical (unpaired) electrons. The van der Waals surface area contributed by atoms with E-state index in [2.05, 4.69) is 41.2 Å². The topological polar surface area (TPSA) is 48.4 Å². The van der Waals surface area contributed by atoms with Crippen molar-refractivity contribution in [3.63, 3.8) is 0 Å². The summed E-state index contributed by atoms with van der Waals surface area (Å²) in [6, 6.07) is 4.69. The second-order valence-corrected chi connectivity index (χ2v) is 6.09. The largest absolute Gasteiger partial charge is 0.396 e. The highest BCUT2D eigenvalue weighted by atomic mass is 16.3. The van der Waals surface area contributed by atoms with Gasteiger partial charge in [0.25, 0.3) is 0 Å². The maximum Gasteiger partial charge on any atom is 0.128 e. The Morgan fingerprint density at radius 1 is 1.52 bits per heavy atom. The van der Waals surface area contributed by atoms with E-state index in [0.29, 0.717) is 18.6 Å². The van der Waals surface area contributed by atoms with Crippen LogP contribution in [0.5, 0.6) is 0 Å². The van der Waals surface area contributed by atoms with Crippen LogP contribution in [-0.4, -0.2) is 36.3 Å². The number of hydrogen-bond donors (Lipinski definition) is 2. The van der Waals surface area contributed by atoms with E-state index in [4.69, 9.17) is 5.11 Å². The number of hydrogen-bond acceptors (Lipinski definition) is 4. The lowest BCUT2D eigenvalue weighted by atomic mass is 9.95. The van der Waals surface area contributed by atoms with E-state index in [1.165, 1.54) is 18.4 Å². The van der Waals surface area contributed by atoms with Crippen molar-refractivity contribution in [2.45, 2.75) is 45.6 Å². The van der Waals surface area contributed by atoms with Crippen LogP contribution in [-0.2, 0) is 0 Å². The smallest absolute Gasteiger partial charge is 0.128 e. The van der Waals surface area contributed by atoms with E-state index >= 15 is 0 Å². The van der Waals surface area contributed by atoms with Gasteiger partial charge in [0.1, 0.15) is 5.82 Å². The lowest BCUT2D eigenvalue weighted by molar-refractivity contribution is 0.244. The number of nitrogens with zero attached hydrogens (tertiary/aromatic N) is 2. The Morgan fingerprint density at radius 2 is 2.38 bits per heavy atom. The second-order valence-electron chi connectivity index (χ2n) is 6.09. The van der Waals surface area contributed by atoms with Crippen molar-refractivity contribution >= 4 is 5.82 Å². The number of anilines is 1. The molecular weight excluding hydrogens is 262 g/mol. The molecule has 1 aliphatic heterocycles. The molecule has 0 aliphatic carbocycles. The van der Waals surface area contributed by atoms with Crippen molar-refractivity contribution < 1.29 is 5.11 Å². The Morgan fingerprint density at radius 3 is 3.14 bits per heavy atom. The number of pyridine rings is 1. The van der Waals surface area contributed by atoms with Crippen LogP contribution in [0.15, 0.2) is 18.3 Å². The van der Waals surface area contributed by atoms with Gasteiger partial charge < -0.3 is 15.3 Å². The van der Waals surface area contributed by atoms with Gasteiger partial charge in [-0.05, 0) is 62.8 Å². The molecule has 0 spiro atoms. The predicted molar refractivity (Wildman–Crippen MR) is 87.6 cm³/mol. The van der Waals surface area contributed by atoms with Crippen LogP contribution in [0.2, 0.25) is 0 Å². The summed E-state index contributed by atoms with van der Waals surface area (Å²) in [5.74, 6) is 1.69. The van der Waals surface area contributed by atoms with Gasteiger partial charge in [-0.15, -0.1) is 0 Å². The van der Waals surface area contributed by atoms with Crippen LogP contribution in [0.3, 0.4) is 0 Å². The van der Waals surface area contributed by atoms with Gasteiger partial charge in [0.05, 0.1) is 0 Å². The van der Waals surface area contributed by atoms with E-state index in [9.17, 15) is 0 Å². The molecule has 1 fully saturated rings. The molecule has 4 heteroatoms. The molecule has 0 amide bonds. The number of piperidine rings is 1. The summed E-state index contributed by atoms with van der Waals surface area (Å²) in [6.07, 6.45) is 6.40. The third-order valence-electron chi connectivity index (χ3n) is 4.35. The van der Waals surface area contributed by atoms with E-state index in [-0.39, 0.29) is 0 Å². The molecule has 1 aromatic heterocycles. The highest BCUT2D eigenvalue weighted by molar-refractivity contribution is 5.42. The van der Waals surface area contributed by atoms with Crippen molar-refractivity contribution in [3.8, 4) is 0 Å². The molecular formula is C17H29N3O. The first-order chi connectivity index (χ1) is 10.2. The van der Waals surface area contributed by atoms with Crippen LogP contribution < -0.4 is 10.2 Å². The molecule has 2 N–H and O–H groups in total. The molecule has 4 nitrogen and oxygen atoms in total. The minimum Gasteiger partial charge on any atom is -0.396 e. The first kappa shape index (κ1) is 16.2. The average molecular weight is 291 g/mol. The van der Waals surface area contributed by atoms with Crippen molar-refractivity contribution in [1.82, 2.24) is 10.3 Å². The molecule has 2 unspecified atom stereocenters. The van der Waals surface area contributed by atoms with Crippen molar-refractivity contribution in [1.29, 1.82) is 0 Å². The lowest BCUT2D eigenvalue weighted by Gasteiger charge is -2.33. The summed E-state index contributed by atoms with van der Waals surface area (Å²) in [7, 11) is 0. The van der Waals surface area contributed by atoms with E-state index < -0.39 is 0 Å². The standard InChI is InChI=1S/C17H29N3O/c1-3-8-18-14(2)16-6-9-19-17(12-16)20-10-4-5-15(13-20)7-11-21/h6,9,12,14-15,18,21H,3-5,7-8,10-11,13H2,1-2H3. The van der Waals surface area contributed by atoms with Crippen molar-refractivity contribution in [2.24, 2.45) is 5.92 Å². The maximum absolute atomic E-state index is 9.13. The van der Waals surface area contributed by atoms with Crippen LogP contribution in [0.25, 0.3) is 0 Å². The van der Waals surface area contributed by atoms with E-state index in [1.807, 2.05) is 6.20 Å². The van der Waals surface area contributed by atoms with Gasteiger partial charge in [0, 0.05) is 31.9 Å². The van der Waals surface area contributed by atoms with Gasteiger partial charge in [-0.2, -0.15) is 0 Å². The first-order valence-electron chi connectivity index (χ1n) is 8.29. The quantitative estimate of drug-likeness (QED) is 0.811. The zero-order chi connectivity index (χ0) is 15.1. The number of aromatic nitrogens is 1. The number of aliphatic hydroxyl groups excluding tert-OH is 1. The molecule has 0 saturated carbocycles. The molecule has 2 heterocycles. The van der Waals surface area contributed by atoms with Gasteiger partial charge in [0.15, 0.2) is 0 Å². The third kappa shape index (κ3) is 4.68. The van der Waals surface area contributed by atoms with Crippen LogP contribution in [0.1, 0.15) is 51.1 Å². The second kappa shape index (κ2) is 8.35. The SMILES string of the molecule is CCCNC(C)c1ccnc(N2CCCC(CCO)C2)c1. The molecule has 0 aromatic carbocycles. The zero-order valence-corrected chi connectivity index (χ0v) is 13.4. The summed E-state index contributed by atoms with van der Waals surface area (Å²) in [5.41, 5.74) is 1.30. The first-order valence-corrected chi connectivity index (χ1v) is 8.29. The predicted octanol–water partition coefficient (Wildman–Crippen LogP) is 2.74. The van der Waals surface area contributed by atoms with E-state index in [1.54, 1.807) is 0 Å². The summed E-state index contributed by atoms with van der Waals surface area (Å²) in [5, 5.41) is 12.7. The maximum atomic E-state index is 9.13. The van der Waals surface area contributed by atoms with Gasteiger partial charge in [-0.3, -0.25) is 0 Å². The molecule has 1 aromatic rings. The summed E-state index contributed by atoms with van der Waals surface area (Å²) < 4.78 is 0. The van der Waals surface area contributed by atoms with Gasteiger partial charge in [-0.1, -0.05) is 6.92 Å². The van der Waals surface area contributed by atoms with Crippen LogP contribution in [0, 0.1) is 5.92 Å². The Bertz CT molecular complexity index is 422. The molecule has 2 atom stereocenters. The average Bonchev–Trinajstić information content (AvgIpc) is 2.53. The minimum atomic E-state index is 0.296. The summed E-state index contributed by atoms with van der Waals surface area (Å²) in [6.45, 7) is 7.83. The van der Waals surface area contributed by atoms with E-state index in [0.717, 1.165) is 38.3 Å². The number of aliphatic hydroxyl groups is 1. The highest BCUT2D eigenvalue weighted by Crippen LogP contribution is 2.25. The molecule has 1 saturated heterocycles. The molecule has 118 valence electrons. The lowest BCUT2D eigenvalue weighted by Crippen LogP contribution is -2.36. The highest BCUT2D eigenvalue weighted by Gasteiger charge is 2.21. The molecule has 2 rings (SSSR count). The van der Waals surface area contributed by atoms with Crippen molar-refractivity contribution in [3.05, 3.63) is 23.9 Å². The third-order valence-corrected chi connectivity index (χ3v) is 4.35. The molecule has 1 aliphatic rings. The molecule has 21 heavy (non-hydrogen) atoms. The van der Waals surface area contributed by atoms with Gasteiger partial charge in [-0.25, -0.2) is 4.98 Å². The van der Waals surface area contributed by atoms with Gasteiger partial charge in [0.2, 0.25) is 0 Å². The summed E-state index contributed by atoms with van der Waals surface area (Å²) in [4.78, 5) is 6.93. The van der Waals surface area contributed by atoms with Gasteiger partial charge >= 0.3 is 0 Å². The van der Waals surface area contributed by atoms with Crippen LogP contribution in [0.4, 0.5) is 5.82 Å². The fourth-order valence-corrected chi connectivity index (χ4v) is 3.05. The Kier molecular flexibility index (Phi) is 6.46. The van der Waals surface area contributed by atoms with Crippen LogP contribution >= 0.6 is 0 Å². The normalized spacial score (nSPS) is 20.5. The Hall–Kier alpha value is -1.13. The van der Waals surface area contributed by atoms with Crippen molar-refractivity contribution in [2.75, 3.05) is 31.1 Å². The zero-order valence-electron chi connectivity index (χ0n) is 13.4. The summed E-state index contributed by atoms with van der Waals surface area (Å²) >= 11 is 0. The number of rotatable bonds is 7. The number of nitrogens with one attached hydrogen (secondary N) is 1. The molecule has 0 bridgehead atoms. The minimum absolute atomic E-state index is 0.296. The Balaban J connectivity index is 2.02. The monoisotopic (exact) mass is 291 g/mol. The Labute approximate surface area is 128 Å².